The van der Waals surface area contributed by atoms with Crippen LogP contribution in [0.5, 0.6) is 0 Å². The molecule has 0 saturated carbocycles. The summed E-state index contributed by atoms with van der Waals surface area (Å²) in [6.07, 6.45) is -6.35. The van der Waals surface area contributed by atoms with Gasteiger partial charge in [0.2, 0.25) is 0 Å². The maximum absolute atomic E-state index is 12.0. The number of aliphatic carboxylic acids is 1. The minimum absolute atomic E-state index is 0.725. The molecule has 0 aliphatic rings. The van der Waals surface area contributed by atoms with E-state index in [0.717, 1.165) is 0 Å². The van der Waals surface area contributed by atoms with Gasteiger partial charge in [0, 0.05) is 5.75 Å². The number of halogens is 5. The van der Waals surface area contributed by atoms with Gasteiger partial charge in [0.25, 0.3) is 0 Å². The Balaban J connectivity index is 3.97. The maximum atomic E-state index is 12.0. The van der Waals surface area contributed by atoms with E-state index in [9.17, 15) is 26.7 Å². The molecular formula is C5H5F5O2S. The summed E-state index contributed by atoms with van der Waals surface area (Å²) >= 11 is -0.725. The summed E-state index contributed by atoms with van der Waals surface area (Å²) in [4.78, 5) is 9.80. The summed E-state index contributed by atoms with van der Waals surface area (Å²) < 4.78 is 58.4. The van der Waals surface area contributed by atoms with Crippen molar-refractivity contribution in [3.05, 3.63) is 0 Å². The predicted octanol–water partition coefficient (Wildman–Crippen LogP) is 2.35. The SMILES string of the molecule is O=C(O)CCSC(F)(F)C(F)(F)F. The van der Waals surface area contributed by atoms with Crippen molar-refractivity contribution in [1.29, 1.82) is 0 Å². The molecule has 0 radical (unpaired) electrons. The molecule has 0 heterocycles. The fraction of sp³-hybridized carbons (Fsp3) is 0.800. The molecule has 0 amide bonds. The molecule has 0 fully saturated rings. The highest BCUT2D eigenvalue weighted by atomic mass is 32.2. The molecule has 0 spiro atoms. The Morgan fingerprint density at radius 2 is 1.69 bits per heavy atom. The van der Waals surface area contributed by atoms with Crippen LogP contribution in [-0.2, 0) is 4.79 Å². The second-order valence-corrected chi connectivity index (χ2v) is 3.22. The molecule has 0 saturated heterocycles. The quantitative estimate of drug-likeness (QED) is 0.745. The van der Waals surface area contributed by atoms with Gasteiger partial charge in [0.1, 0.15) is 0 Å². The number of alkyl halides is 5. The van der Waals surface area contributed by atoms with E-state index in [-0.39, 0.29) is 0 Å². The van der Waals surface area contributed by atoms with Crippen molar-refractivity contribution in [2.75, 3.05) is 5.75 Å². The highest BCUT2D eigenvalue weighted by Gasteiger charge is 2.57. The molecule has 0 atom stereocenters. The Morgan fingerprint density at radius 3 is 2.00 bits per heavy atom. The number of carbonyl (C=O) groups is 1. The van der Waals surface area contributed by atoms with E-state index in [0.29, 0.717) is 0 Å². The minimum Gasteiger partial charge on any atom is -0.481 e. The lowest BCUT2D eigenvalue weighted by atomic mass is 10.5. The van der Waals surface area contributed by atoms with Crippen LogP contribution >= 0.6 is 11.8 Å². The van der Waals surface area contributed by atoms with Crippen LogP contribution in [0.3, 0.4) is 0 Å². The molecule has 8 heteroatoms. The minimum atomic E-state index is -5.63. The fourth-order valence-corrected chi connectivity index (χ4v) is 1.05. The molecule has 0 aromatic heterocycles. The second-order valence-electron chi connectivity index (χ2n) is 2.01. The van der Waals surface area contributed by atoms with E-state index < -0.39 is 41.3 Å². The van der Waals surface area contributed by atoms with E-state index >= 15 is 0 Å². The largest absolute Gasteiger partial charge is 0.481 e. The Morgan fingerprint density at radius 1 is 1.23 bits per heavy atom. The molecule has 0 rings (SSSR count). The molecule has 0 aliphatic heterocycles. The van der Waals surface area contributed by atoms with Crippen LogP contribution < -0.4 is 0 Å². The summed E-state index contributed by atoms with van der Waals surface area (Å²) in [7, 11) is 0. The second kappa shape index (κ2) is 4.12. The third-order valence-corrected chi connectivity index (χ3v) is 1.93. The number of hydrogen-bond donors (Lipinski definition) is 1. The Hall–Kier alpha value is -0.530. The van der Waals surface area contributed by atoms with Crippen molar-refractivity contribution in [3.8, 4) is 0 Å². The highest BCUT2D eigenvalue weighted by Crippen LogP contribution is 2.44. The van der Waals surface area contributed by atoms with Gasteiger partial charge in [-0.2, -0.15) is 22.0 Å². The van der Waals surface area contributed by atoms with E-state index in [4.69, 9.17) is 5.11 Å². The van der Waals surface area contributed by atoms with Crippen LogP contribution in [0.4, 0.5) is 22.0 Å². The number of hydrogen-bond acceptors (Lipinski definition) is 2. The molecule has 0 unspecified atom stereocenters. The van der Waals surface area contributed by atoms with Crippen molar-refractivity contribution in [1.82, 2.24) is 0 Å². The van der Waals surface area contributed by atoms with Crippen molar-refractivity contribution < 1.29 is 31.9 Å². The summed E-state index contributed by atoms with van der Waals surface area (Å²) in [5.41, 5.74) is 0. The molecule has 0 bridgehead atoms. The lowest BCUT2D eigenvalue weighted by molar-refractivity contribution is -0.237. The van der Waals surface area contributed by atoms with Crippen LogP contribution in [0.25, 0.3) is 0 Å². The van der Waals surface area contributed by atoms with E-state index in [1.165, 1.54) is 0 Å². The third kappa shape index (κ3) is 4.30. The Kier molecular flexibility index (Phi) is 3.95. The predicted molar refractivity (Wildman–Crippen MR) is 35.7 cm³/mol. The van der Waals surface area contributed by atoms with Gasteiger partial charge in [-0.3, -0.25) is 4.79 Å². The van der Waals surface area contributed by atoms with Crippen LogP contribution in [0.1, 0.15) is 6.42 Å². The van der Waals surface area contributed by atoms with Crippen molar-refractivity contribution in [2.24, 2.45) is 0 Å². The average Bonchev–Trinajstić information content (AvgIpc) is 1.82. The molecule has 0 aromatic rings. The fourth-order valence-electron chi connectivity index (χ4n) is 0.348. The van der Waals surface area contributed by atoms with Crippen LogP contribution in [0.15, 0.2) is 0 Å². The first-order chi connectivity index (χ1) is 5.67. The molecule has 0 aliphatic carbocycles. The van der Waals surface area contributed by atoms with Crippen molar-refractivity contribution in [3.63, 3.8) is 0 Å². The van der Waals surface area contributed by atoms with Gasteiger partial charge < -0.3 is 5.11 Å². The standard InChI is InChI=1S/C5H5F5O2S/c6-4(7,8)5(9,10)13-2-1-3(11)12/h1-2H2,(H,11,12). The van der Waals surface area contributed by atoms with Crippen molar-refractivity contribution >= 4 is 17.7 Å². The zero-order chi connectivity index (χ0) is 10.7. The van der Waals surface area contributed by atoms with Gasteiger partial charge in [-0.1, -0.05) is 11.8 Å². The normalized spacial score (nSPS) is 13.0. The van der Waals surface area contributed by atoms with Gasteiger partial charge in [-0.25, -0.2) is 0 Å². The lowest BCUT2D eigenvalue weighted by Gasteiger charge is -2.17. The summed E-state index contributed by atoms with van der Waals surface area (Å²) in [5.74, 6) is -2.19. The summed E-state index contributed by atoms with van der Waals surface area (Å²) in [5, 5.41) is 3.10. The summed E-state index contributed by atoms with van der Waals surface area (Å²) in [6, 6.07) is 0. The van der Waals surface area contributed by atoms with Crippen LogP contribution in [0, 0.1) is 0 Å². The van der Waals surface area contributed by atoms with Gasteiger partial charge in [0.05, 0.1) is 6.42 Å². The molecule has 78 valence electrons. The van der Waals surface area contributed by atoms with E-state index in [1.807, 2.05) is 0 Å². The molecular weight excluding hydrogens is 219 g/mol. The number of carboxylic acids is 1. The van der Waals surface area contributed by atoms with E-state index in [1.54, 1.807) is 0 Å². The first-order valence-electron chi connectivity index (χ1n) is 2.97. The molecule has 2 nitrogen and oxygen atoms in total. The smallest absolute Gasteiger partial charge is 0.464 e. The third-order valence-electron chi connectivity index (χ3n) is 0.929. The van der Waals surface area contributed by atoms with Gasteiger partial charge in [-0.15, -0.1) is 0 Å². The summed E-state index contributed by atoms with van der Waals surface area (Å²) in [6.45, 7) is 0. The first-order valence-corrected chi connectivity index (χ1v) is 3.95. The van der Waals surface area contributed by atoms with E-state index in [2.05, 4.69) is 0 Å². The molecule has 0 aromatic carbocycles. The number of carboxylic acid groups (broad SMARTS) is 1. The van der Waals surface area contributed by atoms with Gasteiger partial charge in [0.15, 0.2) is 0 Å². The zero-order valence-electron chi connectivity index (χ0n) is 6.07. The topological polar surface area (TPSA) is 37.3 Å². The van der Waals surface area contributed by atoms with Gasteiger partial charge in [-0.05, 0) is 0 Å². The van der Waals surface area contributed by atoms with Gasteiger partial charge >= 0.3 is 17.4 Å². The number of rotatable bonds is 4. The molecule has 1 N–H and O–H groups in total. The Bertz CT molecular complexity index is 190. The number of thioether (sulfide) groups is 1. The van der Waals surface area contributed by atoms with Crippen molar-refractivity contribution in [2.45, 2.75) is 17.9 Å². The van der Waals surface area contributed by atoms with Crippen LogP contribution in [0.2, 0.25) is 0 Å². The average molecular weight is 224 g/mol. The molecule has 13 heavy (non-hydrogen) atoms. The van der Waals surface area contributed by atoms with Crippen LogP contribution in [-0.4, -0.2) is 28.3 Å². The zero-order valence-corrected chi connectivity index (χ0v) is 6.88. The first kappa shape index (κ1) is 12.5. The monoisotopic (exact) mass is 224 g/mol. The lowest BCUT2D eigenvalue weighted by Crippen LogP contribution is -2.33. The Labute approximate surface area is 74.1 Å². The highest BCUT2D eigenvalue weighted by molar-refractivity contribution is 8.00. The maximum Gasteiger partial charge on any atom is 0.464 e.